The van der Waals surface area contributed by atoms with Crippen LogP contribution in [0.5, 0.6) is 0 Å². The molecule has 1 aromatic heterocycles. The lowest BCUT2D eigenvalue weighted by Gasteiger charge is -2.18. The smallest absolute Gasteiger partial charge is 0.394 e. The normalized spacial score (nSPS) is 15.4. The van der Waals surface area contributed by atoms with Gasteiger partial charge >= 0.3 is 6.18 Å². The highest BCUT2D eigenvalue weighted by molar-refractivity contribution is 5.45. The number of aliphatic hydroxyl groups is 2. The fraction of sp³-hybridized carbons (Fsp3) is 0.500. The van der Waals surface area contributed by atoms with Crippen molar-refractivity contribution in [1.82, 2.24) is 15.0 Å². The predicted molar refractivity (Wildman–Crippen MR) is 102 cm³/mol. The van der Waals surface area contributed by atoms with Gasteiger partial charge in [0.1, 0.15) is 0 Å². The zero-order chi connectivity index (χ0) is 20.9. The molecule has 0 amide bonds. The van der Waals surface area contributed by atoms with Crippen LogP contribution in [0.3, 0.4) is 0 Å². The second-order valence-corrected chi connectivity index (χ2v) is 6.75. The summed E-state index contributed by atoms with van der Waals surface area (Å²) in [4.78, 5) is 14.9. The van der Waals surface area contributed by atoms with E-state index in [0.717, 1.165) is 38.1 Å². The van der Waals surface area contributed by atoms with Crippen molar-refractivity contribution in [2.75, 3.05) is 41.8 Å². The highest BCUT2D eigenvalue weighted by Crippen LogP contribution is 2.29. The molecule has 1 aliphatic rings. The zero-order valence-corrected chi connectivity index (χ0v) is 15.7. The van der Waals surface area contributed by atoms with Crippen LogP contribution in [0.2, 0.25) is 0 Å². The molecule has 2 heterocycles. The Morgan fingerprint density at radius 3 is 2.41 bits per heavy atom. The number of nitrogens with zero attached hydrogens (tertiary/aromatic N) is 4. The van der Waals surface area contributed by atoms with Crippen molar-refractivity contribution in [3.63, 3.8) is 0 Å². The van der Waals surface area contributed by atoms with Crippen LogP contribution in [0.15, 0.2) is 24.3 Å². The van der Waals surface area contributed by atoms with E-state index in [2.05, 4.69) is 25.6 Å². The number of rotatable bonds is 8. The standard InChI is InChI=1S/C18H23F3N6O2/c19-18(20,21)13-5-3-4-12(8-13)9-22-15-24-16(23-10-14(29)11-28)26-17(25-15)27-6-1-2-7-27/h3-5,8,14,28-29H,1-2,6-7,9-11H2,(H2,22,23,24,25,26). The third-order valence-corrected chi connectivity index (χ3v) is 4.42. The number of alkyl halides is 3. The van der Waals surface area contributed by atoms with Gasteiger partial charge in [-0.1, -0.05) is 12.1 Å². The Morgan fingerprint density at radius 2 is 1.76 bits per heavy atom. The molecule has 0 spiro atoms. The van der Waals surface area contributed by atoms with Gasteiger partial charge in [-0.25, -0.2) is 0 Å². The maximum absolute atomic E-state index is 12.9. The lowest BCUT2D eigenvalue weighted by atomic mass is 10.1. The van der Waals surface area contributed by atoms with E-state index in [1.165, 1.54) is 6.07 Å². The summed E-state index contributed by atoms with van der Waals surface area (Å²) in [6.45, 7) is 1.35. The molecule has 0 saturated carbocycles. The Morgan fingerprint density at radius 1 is 1.07 bits per heavy atom. The summed E-state index contributed by atoms with van der Waals surface area (Å²) in [5, 5.41) is 24.2. The first-order chi connectivity index (χ1) is 13.8. The van der Waals surface area contributed by atoms with Gasteiger partial charge in [0.15, 0.2) is 0 Å². The van der Waals surface area contributed by atoms with Crippen molar-refractivity contribution in [3.05, 3.63) is 35.4 Å². The molecule has 2 aromatic rings. The van der Waals surface area contributed by atoms with E-state index >= 15 is 0 Å². The van der Waals surface area contributed by atoms with Crippen molar-refractivity contribution in [2.24, 2.45) is 0 Å². The Balaban J connectivity index is 1.75. The van der Waals surface area contributed by atoms with Gasteiger partial charge in [0.25, 0.3) is 0 Å². The molecule has 1 unspecified atom stereocenters. The Kier molecular flexibility index (Phi) is 6.70. The molecule has 0 bridgehead atoms. The lowest BCUT2D eigenvalue weighted by Crippen LogP contribution is -2.26. The van der Waals surface area contributed by atoms with Gasteiger partial charge in [-0.2, -0.15) is 28.1 Å². The second kappa shape index (κ2) is 9.23. The number of anilines is 3. The molecule has 1 aromatic carbocycles. The molecular weight excluding hydrogens is 389 g/mol. The fourth-order valence-corrected chi connectivity index (χ4v) is 2.89. The van der Waals surface area contributed by atoms with Crippen molar-refractivity contribution in [1.29, 1.82) is 0 Å². The average Bonchev–Trinajstić information content (AvgIpc) is 3.25. The second-order valence-electron chi connectivity index (χ2n) is 6.75. The molecule has 1 saturated heterocycles. The lowest BCUT2D eigenvalue weighted by molar-refractivity contribution is -0.137. The summed E-state index contributed by atoms with van der Waals surface area (Å²) < 4.78 is 38.7. The van der Waals surface area contributed by atoms with Crippen LogP contribution < -0.4 is 15.5 Å². The summed E-state index contributed by atoms with van der Waals surface area (Å²) in [7, 11) is 0. The van der Waals surface area contributed by atoms with Gasteiger partial charge in [-0.15, -0.1) is 0 Å². The minimum absolute atomic E-state index is 0.0486. The maximum atomic E-state index is 12.9. The van der Waals surface area contributed by atoms with Crippen LogP contribution in [0.4, 0.5) is 31.0 Å². The molecule has 0 aliphatic carbocycles. The first-order valence-electron chi connectivity index (χ1n) is 9.29. The molecule has 4 N–H and O–H groups in total. The van der Waals surface area contributed by atoms with Crippen molar-refractivity contribution < 1.29 is 23.4 Å². The summed E-state index contributed by atoms with van der Waals surface area (Å²) in [6, 6.07) is 5.03. The molecule has 1 atom stereocenters. The molecule has 1 aliphatic heterocycles. The van der Waals surface area contributed by atoms with Crippen molar-refractivity contribution >= 4 is 17.8 Å². The number of hydrogen-bond acceptors (Lipinski definition) is 8. The van der Waals surface area contributed by atoms with Gasteiger partial charge in [-0.3, -0.25) is 0 Å². The number of benzene rings is 1. The Hall–Kier alpha value is -2.66. The monoisotopic (exact) mass is 412 g/mol. The van der Waals surface area contributed by atoms with Gasteiger partial charge in [0.2, 0.25) is 17.8 Å². The fourth-order valence-electron chi connectivity index (χ4n) is 2.89. The van der Waals surface area contributed by atoms with Gasteiger partial charge in [0.05, 0.1) is 18.3 Å². The highest BCUT2D eigenvalue weighted by Gasteiger charge is 2.30. The Bertz CT molecular complexity index is 814. The highest BCUT2D eigenvalue weighted by atomic mass is 19.4. The number of hydrogen-bond donors (Lipinski definition) is 4. The number of nitrogens with one attached hydrogen (secondary N) is 2. The number of halogens is 3. The van der Waals surface area contributed by atoms with Gasteiger partial charge in [0, 0.05) is 26.2 Å². The minimum atomic E-state index is -4.41. The molecule has 3 rings (SSSR count). The van der Waals surface area contributed by atoms with E-state index in [1.807, 2.05) is 4.90 Å². The van der Waals surface area contributed by atoms with E-state index in [4.69, 9.17) is 5.11 Å². The van der Waals surface area contributed by atoms with Crippen LogP contribution in [-0.4, -0.2) is 57.5 Å². The molecule has 0 radical (unpaired) electrons. The summed E-state index contributed by atoms with van der Waals surface area (Å²) >= 11 is 0. The topological polar surface area (TPSA) is 106 Å². The van der Waals surface area contributed by atoms with Crippen molar-refractivity contribution in [2.45, 2.75) is 31.7 Å². The van der Waals surface area contributed by atoms with E-state index < -0.39 is 24.5 Å². The minimum Gasteiger partial charge on any atom is -0.394 e. The van der Waals surface area contributed by atoms with Gasteiger partial charge < -0.3 is 25.7 Å². The first-order valence-corrected chi connectivity index (χ1v) is 9.29. The van der Waals surface area contributed by atoms with E-state index in [-0.39, 0.29) is 25.0 Å². The van der Waals surface area contributed by atoms with Crippen LogP contribution in [0.25, 0.3) is 0 Å². The maximum Gasteiger partial charge on any atom is 0.416 e. The third-order valence-electron chi connectivity index (χ3n) is 4.42. The molecule has 29 heavy (non-hydrogen) atoms. The van der Waals surface area contributed by atoms with Gasteiger partial charge in [-0.05, 0) is 30.5 Å². The van der Waals surface area contributed by atoms with E-state index in [9.17, 15) is 18.3 Å². The third kappa shape index (κ3) is 5.91. The summed E-state index contributed by atoms with van der Waals surface area (Å²) in [5.41, 5.74) is -0.279. The molecule has 1 fully saturated rings. The number of aromatic nitrogens is 3. The van der Waals surface area contributed by atoms with Crippen molar-refractivity contribution in [3.8, 4) is 0 Å². The first kappa shape index (κ1) is 21.1. The van der Waals surface area contributed by atoms with Crippen LogP contribution in [0.1, 0.15) is 24.0 Å². The largest absolute Gasteiger partial charge is 0.416 e. The number of aliphatic hydroxyl groups excluding tert-OH is 2. The molecule has 11 heteroatoms. The van der Waals surface area contributed by atoms with Crippen LogP contribution in [-0.2, 0) is 12.7 Å². The SMILES string of the molecule is OCC(O)CNc1nc(NCc2cccc(C(F)(F)F)c2)nc(N2CCCC2)n1. The van der Waals surface area contributed by atoms with E-state index in [0.29, 0.717) is 11.5 Å². The molecule has 158 valence electrons. The summed E-state index contributed by atoms with van der Waals surface area (Å²) in [6.07, 6.45) is -3.34. The summed E-state index contributed by atoms with van der Waals surface area (Å²) in [5.74, 6) is 0.867. The quantitative estimate of drug-likeness (QED) is 0.521. The molecule has 8 nitrogen and oxygen atoms in total. The van der Waals surface area contributed by atoms with E-state index in [1.54, 1.807) is 6.07 Å². The van der Waals surface area contributed by atoms with Crippen LogP contribution >= 0.6 is 0 Å². The Labute approximate surface area is 165 Å². The van der Waals surface area contributed by atoms with Crippen LogP contribution in [0, 0.1) is 0 Å². The molecular formula is C18H23F3N6O2. The average molecular weight is 412 g/mol. The predicted octanol–water partition coefficient (Wildman–Crippen LogP) is 1.87. The zero-order valence-electron chi connectivity index (χ0n) is 15.7.